The number of benzene rings is 1. The van der Waals surface area contributed by atoms with Gasteiger partial charge in [0.25, 0.3) is 0 Å². The molecule has 0 spiro atoms. The van der Waals surface area contributed by atoms with Crippen molar-refractivity contribution in [2.45, 2.75) is 25.9 Å². The van der Waals surface area contributed by atoms with E-state index in [1.54, 1.807) is 6.20 Å². The van der Waals surface area contributed by atoms with Crippen LogP contribution in [-0.4, -0.2) is 46.5 Å². The van der Waals surface area contributed by atoms with Crippen molar-refractivity contribution in [2.75, 3.05) is 7.05 Å². The first-order valence-corrected chi connectivity index (χ1v) is 7.62. The number of rotatable bonds is 4. The van der Waals surface area contributed by atoms with Crippen molar-refractivity contribution in [3.63, 3.8) is 0 Å². The molecule has 0 unspecified atom stereocenters. The van der Waals surface area contributed by atoms with E-state index in [0.717, 1.165) is 15.9 Å². The highest BCUT2D eigenvalue weighted by Crippen LogP contribution is 2.20. The molecular weight excluding hydrogens is 310 g/mol. The molecule has 1 aromatic heterocycles. The summed E-state index contributed by atoms with van der Waals surface area (Å²) in [5, 5.41) is 5.80. The maximum Gasteiger partial charge on any atom is 0.355 e. The number of esters is 1. The van der Waals surface area contributed by atoms with E-state index in [2.05, 4.69) is 10.1 Å². The van der Waals surface area contributed by atoms with Gasteiger partial charge in [-0.1, -0.05) is 18.2 Å². The highest BCUT2D eigenvalue weighted by atomic mass is 16.5. The van der Waals surface area contributed by atoms with E-state index in [4.69, 9.17) is 4.74 Å². The molecule has 1 aliphatic rings. The van der Waals surface area contributed by atoms with E-state index in [-0.39, 0.29) is 30.2 Å². The van der Waals surface area contributed by atoms with E-state index in [9.17, 15) is 14.4 Å². The van der Waals surface area contributed by atoms with Gasteiger partial charge in [0.05, 0.1) is 0 Å². The van der Waals surface area contributed by atoms with Crippen molar-refractivity contribution in [3.8, 4) is 0 Å². The van der Waals surface area contributed by atoms with Gasteiger partial charge >= 0.3 is 5.97 Å². The standard InChI is InChI=1S/C17H17N3O4/c1-10(24-17(23)14-7-8-15(21)20(2)19-14)16(22)12-9-18-13-6-4-3-5-11(12)13/h3-6,9-10,18H,7-8H2,1-2H3/t10-/m0/s1. The molecule has 1 N–H and O–H groups in total. The van der Waals surface area contributed by atoms with Crippen LogP contribution < -0.4 is 0 Å². The average molecular weight is 327 g/mol. The topological polar surface area (TPSA) is 91.8 Å². The van der Waals surface area contributed by atoms with Gasteiger partial charge < -0.3 is 9.72 Å². The molecule has 124 valence electrons. The maximum absolute atomic E-state index is 12.6. The molecule has 0 saturated heterocycles. The first kappa shape index (κ1) is 15.9. The number of nitrogens with zero attached hydrogens (tertiary/aromatic N) is 2. The molecule has 0 fully saturated rings. The van der Waals surface area contributed by atoms with Gasteiger partial charge in [0.1, 0.15) is 5.71 Å². The Hall–Kier alpha value is -2.96. The maximum atomic E-state index is 12.6. The number of para-hydroxylation sites is 1. The molecule has 24 heavy (non-hydrogen) atoms. The molecular formula is C17H17N3O4. The van der Waals surface area contributed by atoms with Crippen molar-refractivity contribution in [3.05, 3.63) is 36.0 Å². The number of hydrazone groups is 1. The van der Waals surface area contributed by atoms with Gasteiger partial charge in [0.15, 0.2) is 6.10 Å². The van der Waals surface area contributed by atoms with E-state index in [1.165, 1.54) is 14.0 Å². The van der Waals surface area contributed by atoms with Gasteiger partial charge in [-0.05, 0) is 13.0 Å². The second-order valence-corrected chi connectivity index (χ2v) is 5.62. The predicted molar refractivity (Wildman–Crippen MR) is 87.6 cm³/mol. The van der Waals surface area contributed by atoms with E-state index in [1.807, 2.05) is 24.3 Å². The number of amides is 1. The van der Waals surface area contributed by atoms with Crippen LogP contribution in [0.1, 0.15) is 30.1 Å². The molecule has 7 nitrogen and oxygen atoms in total. The molecule has 3 rings (SSSR count). The van der Waals surface area contributed by atoms with Crippen molar-refractivity contribution in [2.24, 2.45) is 5.10 Å². The first-order valence-electron chi connectivity index (χ1n) is 7.62. The van der Waals surface area contributed by atoms with E-state index < -0.39 is 12.1 Å². The Morgan fingerprint density at radius 1 is 1.29 bits per heavy atom. The van der Waals surface area contributed by atoms with Crippen LogP contribution in [0.4, 0.5) is 0 Å². The number of carbonyl (C=O) groups excluding carboxylic acids is 3. The number of ether oxygens (including phenoxy) is 1. The third kappa shape index (κ3) is 2.92. The smallest absolute Gasteiger partial charge is 0.355 e. The molecule has 1 aliphatic heterocycles. The number of hydrogen-bond donors (Lipinski definition) is 1. The predicted octanol–water partition coefficient (Wildman–Crippen LogP) is 1.89. The minimum Gasteiger partial charge on any atom is -0.450 e. The fourth-order valence-electron chi connectivity index (χ4n) is 2.59. The summed E-state index contributed by atoms with van der Waals surface area (Å²) in [7, 11) is 1.48. The van der Waals surface area contributed by atoms with Gasteiger partial charge in [-0.25, -0.2) is 9.80 Å². The summed E-state index contributed by atoms with van der Waals surface area (Å²) in [6, 6.07) is 7.41. The van der Waals surface area contributed by atoms with Gasteiger partial charge in [-0.3, -0.25) is 9.59 Å². The Labute approximate surface area is 138 Å². The highest BCUT2D eigenvalue weighted by molar-refractivity contribution is 6.37. The van der Waals surface area contributed by atoms with Crippen molar-refractivity contribution in [1.82, 2.24) is 9.99 Å². The summed E-state index contributed by atoms with van der Waals surface area (Å²) in [6.45, 7) is 1.53. The summed E-state index contributed by atoms with van der Waals surface area (Å²) >= 11 is 0. The Morgan fingerprint density at radius 3 is 2.79 bits per heavy atom. The zero-order chi connectivity index (χ0) is 17.3. The summed E-state index contributed by atoms with van der Waals surface area (Å²) in [5.74, 6) is -1.12. The van der Waals surface area contributed by atoms with E-state index in [0.29, 0.717) is 5.56 Å². The van der Waals surface area contributed by atoms with Crippen LogP contribution in [0.3, 0.4) is 0 Å². The van der Waals surface area contributed by atoms with Gasteiger partial charge in [-0.15, -0.1) is 0 Å². The molecule has 2 aromatic rings. The van der Waals surface area contributed by atoms with Crippen LogP contribution in [-0.2, 0) is 14.3 Å². The average Bonchev–Trinajstić information content (AvgIpc) is 3.00. The number of aromatic amines is 1. The molecule has 2 heterocycles. The zero-order valence-corrected chi connectivity index (χ0v) is 13.4. The number of H-pyrrole nitrogens is 1. The Morgan fingerprint density at radius 2 is 2.04 bits per heavy atom. The molecule has 7 heteroatoms. The monoisotopic (exact) mass is 327 g/mol. The van der Waals surface area contributed by atoms with Crippen LogP contribution in [0.15, 0.2) is 35.6 Å². The SMILES string of the molecule is C[C@H](OC(=O)C1=NN(C)C(=O)CC1)C(=O)c1c[nH]c2ccccc12. The normalized spacial score (nSPS) is 16.0. The number of Topliss-reactive ketones (excluding diaryl/α,β-unsaturated/α-hetero) is 1. The van der Waals surface area contributed by atoms with Crippen molar-refractivity contribution < 1.29 is 19.1 Å². The fraction of sp³-hybridized carbons (Fsp3) is 0.294. The van der Waals surface area contributed by atoms with Gasteiger partial charge in [0, 0.05) is 42.6 Å². The molecule has 1 aromatic carbocycles. The van der Waals surface area contributed by atoms with Crippen molar-refractivity contribution in [1.29, 1.82) is 0 Å². The molecule has 1 atom stereocenters. The van der Waals surface area contributed by atoms with E-state index >= 15 is 0 Å². The zero-order valence-electron chi connectivity index (χ0n) is 13.4. The van der Waals surface area contributed by atoms with Crippen LogP contribution in [0.2, 0.25) is 0 Å². The number of fused-ring (bicyclic) bond motifs is 1. The first-order chi connectivity index (χ1) is 11.5. The molecule has 0 saturated carbocycles. The minimum absolute atomic E-state index is 0.149. The second-order valence-electron chi connectivity index (χ2n) is 5.62. The number of nitrogens with one attached hydrogen (secondary N) is 1. The third-order valence-corrected chi connectivity index (χ3v) is 3.95. The van der Waals surface area contributed by atoms with Crippen LogP contribution in [0.5, 0.6) is 0 Å². The Balaban J connectivity index is 1.74. The van der Waals surface area contributed by atoms with Gasteiger partial charge in [0.2, 0.25) is 11.7 Å². The summed E-state index contributed by atoms with van der Waals surface area (Å²) in [4.78, 5) is 39.1. The summed E-state index contributed by atoms with van der Waals surface area (Å²) < 4.78 is 5.24. The largest absolute Gasteiger partial charge is 0.450 e. The summed E-state index contributed by atoms with van der Waals surface area (Å²) in [6.07, 6.45) is 1.09. The number of aromatic nitrogens is 1. The lowest BCUT2D eigenvalue weighted by molar-refractivity contribution is -0.138. The number of hydrogen-bond acceptors (Lipinski definition) is 5. The molecule has 0 bridgehead atoms. The molecule has 1 amide bonds. The van der Waals surface area contributed by atoms with Crippen molar-refractivity contribution >= 4 is 34.3 Å². The quantitative estimate of drug-likeness (QED) is 0.685. The Kier molecular flexibility index (Phi) is 4.16. The lowest BCUT2D eigenvalue weighted by atomic mass is 10.1. The van der Waals surface area contributed by atoms with Crippen LogP contribution in [0, 0.1) is 0 Å². The lowest BCUT2D eigenvalue weighted by Crippen LogP contribution is -2.34. The summed E-state index contributed by atoms with van der Waals surface area (Å²) in [5.41, 5.74) is 1.47. The molecule has 0 aliphatic carbocycles. The second kappa shape index (κ2) is 6.27. The van der Waals surface area contributed by atoms with Crippen LogP contribution in [0.25, 0.3) is 10.9 Å². The highest BCUT2D eigenvalue weighted by Gasteiger charge is 2.27. The fourth-order valence-corrected chi connectivity index (χ4v) is 2.59. The Bertz CT molecular complexity index is 852. The third-order valence-electron chi connectivity index (χ3n) is 3.95. The molecule has 0 radical (unpaired) electrons. The van der Waals surface area contributed by atoms with Gasteiger partial charge in [-0.2, -0.15) is 5.10 Å². The number of ketones is 1. The minimum atomic E-state index is -0.942. The van der Waals surface area contributed by atoms with Crippen LogP contribution >= 0.6 is 0 Å². The number of carbonyl (C=O) groups is 3. The lowest BCUT2D eigenvalue weighted by Gasteiger charge is -2.19.